The van der Waals surface area contributed by atoms with Crippen molar-refractivity contribution in [3.05, 3.63) is 33.9 Å². The number of hydrogen-bond acceptors (Lipinski definition) is 5. The van der Waals surface area contributed by atoms with E-state index in [9.17, 15) is 20.0 Å². The molecule has 1 N–H and O–H groups in total. The fraction of sp³-hybridized carbons (Fsp3) is 0.250. The lowest BCUT2D eigenvalue weighted by Crippen LogP contribution is -2.01. The van der Waals surface area contributed by atoms with Gasteiger partial charge in [0.1, 0.15) is 6.42 Å². The van der Waals surface area contributed by atoms with Gasteiger partial charge in [0.05, 0.1) is 11.5 Å². The van der Waals surface area contributed by atoms with Crippen molar-refractivity contribution in [2.75, 3.05) is 6.61 Å². The van der Waals surface area contributed by atoms with Crippen LogP contribution in [0.15, 0.2) is 18.2 Å². The number of benzene rings is 1. The molecule has 1 aromatic rings. The minimum atomic E-state index is -0.689. The lowest BCUT2D eigenvalue weighted by molar-refractivity contribution is -0.385. The van der Waals surface area contributed by atoms with Gasteiger partial charge in [0.2, 0.25) is 0 Å². The monoisotopic (exact) mass is 249 g/mol. The summed E-state index contributed by atoms with van der Waals surface area (Å²) >= 11 is 0. The summed E-state index contributed by atoms with van der Waals surface area (Å²) in [5.74, 6) is 4.27. The molecule has 0 saturated heterocycles. The number of rotatable bonds is 3. The van der Waals surface area contributed by atoms with E-state index < -0.39 is 16.6 Å². The zero-order valence-corrected chi connectivity index (χ0v) is 9.67. The summed E-state index contributed by atoms with van der Waals surface area (Å²) < 4.78 is 4.67. The second-order valence-electron chi connectivity index (χ2n) is 3.24. The highest BCUT2D eigenvalue weighted by Crippen LogP contribution is 2.25. The summed E-state index contributed by atoms with van der Waals surface area (Å²) in [6.07, 6.45) is -0.0639. The van der Waals surface area contributed by atoms with Gasteiger partial charge in [0.15, 0.2) is 5.75 Å². The molecule has 0 unspecified atom stereocenters. The summed E-state index contributed by atoms with van der Waals surface area (Å²) in [6.45, 7) is 1.98. The molecule has 0 radical (unpaired) electrons. The number of phenolic OH excluding ortho intramolecular Hbond substituents is 1. The highest BCUT2D eigenvalue weighted by molar-refractivity contribution is 5.72. The Kier molecular flexibility index (Phi) is 4.69. The van der Waals surface area contributed by atoms with Crippen LogP contribution < -0.4 is 0 Å². The SMILES string of the molecule is CCOC(=O)CC#Cc1ccc([N+](=O)[O-])c(O)c1. The highest BCUT2D eigenvalue weighted by atomic mass is 16.6. The van der Waals surface area contributed by atoms with E-state index in [1.807, 2.05) is 0 Å². The van der Waals surface area contributed by atoms with Crippen molar-refractivity contribution in [1.29, 1.82) is 0 Å². The van der Waals surface area contributed by atoms with Gasteiger partial charge in [-0.3, -0.25) is 14.9 Å². The van der Waals surface area contributed by atoms with Crippen LogP contribution in [0.1, 0.15) is 18.9 Å². The van der Waals surface area contributed by atoms with Crippen LogP contribution in [0, 0.1) is 22.0 Å². The number of esters is 1. The summed E-state index contributed by atoms with van der Waals surface area (Å²) in [4.78, 5) is 20.7. The summed E-state index contributed by atoms with van der Waals surface area (Å²) in [5.41, 5.74) is 0.00772. The smallest absolute Gasteiger partial charge is 0.317 e. The third kappa shape index (κ3) is 3.79. The van der Waals surface area contributed by atoms with E-state index in [0.717, 1.165) is 6.07 Å². The van der Waals surface area contributed by atoms with E-state index in [0.29, 0.717) is 12.2 Å². The maximum Gasteiger partial charge on any atom is 0.317 e. The van der Waals surface area contributed by atoms with Crippen LogP contribution in [-0.4, -0.2) is 22.6 Å². The second-order valence-corrected chi connectivity index (χ2v) is 3.24. The number of nitro groups is 1. The van der Waals surface area contributed by atoms with Crippen LogP contribution in [0.2, 0.25) is 0 Å². The predicted octanol–water partition coefficient (Wildman–Crippen LogP) is 1.61. The molecule has 0 spiro atoms. The number of nitro benzene ring substituents is 1. The number of carbonyl (C=O) groups is 1. The predicted molar refractivity (Wildman–Crippen MR) is 62.9 cm³/mol. The minimum Gasteiger partial charge on any atom is -0.502 e. The normalized spacial score (nSPS) is 9.17. The molecule has 0 amide bonds. The first-order valence-corrected chi connectivity index (χ1v) is 5.16. The first-order chi connectivity index (χ1) is 8.54. The topological polar surface area (TPSA) is 89.7 Å². The fourth-order valence-electron chi connectivity index (χ4n) is 1.19. The highest BCUT2D eigenvalue weighted by Gasteiger charge is 2.11. The van der Waals surface area contributed by atoms with E-state index in [2.05, 4.69) is 16.6 Å². The molecule has 6 nitrogen and oxygen atoms in total. The Labute approximate surface area is 103 Å². The molecule has 0 aliphatic rings. The Morgan fingerprint density at radius 2 is 2.28 bits per heavy atom. The van der Waals surface area contributed by atoms with E-state index >= 15 is 0 Å². The summed E-state index contributed by atoms with van der Waals surface area (Å²) in [6, 6.07) is 3.73. The van der Waals surface area contributed by atoms with E-state index in [4.69, 9.17) is 0 Å². The van der Waals surface area contributed by atoms with Gasteiger partial charge >= 0.3 is 11.7 Å². The molecule has 0 heterocycles. The molecule has 0 fully saturated rings. The zero-order valence-electron chi connectivity index (χ0n) is 9.67. The van der Waals surface area contributed by atoms with Crippen LogP contribution >= 0.6 is 0 Å². The number of nitrogens with zero attached hydrogens (tertiary/aromatic N) is 1. The molecule has 1 aromatic carbocycles. The molecule has 0 saturated carbocycles. The van der Waals surface area contributed by atoms with Crippen molar-refractivity contribution < 1.29 is 19.6 Å². The van der Waals surface area contributed by atoms with Crippen molar-refractivity contribution in [2.24, 2.45) is 0 Å². The molecule has 0 aliphatic carbocycles. The molecule has 0 bridgehead atoms. The van der Waals surface area contributed by atoms with Crippen molar-refractivity contribution in [3.8, 4) is 17.6 Å². The zero-order chi connectivity index (χ0) is 13.5. The molecule has 18 heavy (non-hydrogen) atoms. The molecule has 6 heteroatoms. The molecule has 1 rings (SSSR count). The van der Waals surface area contributed by atoms with Crippen LogP contribution in [-0.2, 0) is 9.53 Å². The van der Waals surface area contributed by atoms with Gasteiger partial charge in [0, 0.05) is 17.7 Å². The molecule has 0 aromatic heterocycles. The van der Waals surface area contributed by atoms with Gasteiger partial charge < -0.3 is 9.84 Å². The van der Waals surface area contributed by atoms with Crippen molar-refractivity contribution >= 4 is 11.7 Å². The van der Waals surface area contributed by atoms with Gasteiger partial charge in [-0.05, 0) is 13.0 Å². The molecular weight excluding hydrogens is 238 g/mol. The Bertz CT molecular complexity index is 527. The van der Waals surface area contributed by atoms with E-state index in [1.165, 1.54) is 12.1 Å². The van der Waals surface area contributed by atoms with Gasteiger partial charge in [-0.15, -0.1) is 0 Å². The summed E-state index contributed by atoms with van der Waals surface area (Å²) in [5, 5.41) is 19.8. The van der Waals surface area contributed by atoms with Gasteiger partial charge in [-0.2, -0.15) is 0 Å². The molecule has 0 atom stereocenters. The Balaban J connectivity index is 2.75. The van der Waals surface area contributed by atoms with Crippen molar-refractivity contribution in [3.63, 3.8) is 0 Å². The molecule has 0 aliphatic heterocycles. The first-order valence-electron chi connectivity index (χ1n) is 5.16. The van der Waals surface area contributed by atoms with Crippen LogP contribution in [0.5, 0.6) is 5.75 Å². The lowest BCUT2D eigenvalue weighted by Gasteiger charge is -1.96. The van der Waals surface area contributed by atoms with Crippen molar-refractivity contribution in [1.82, 2.24) is 0 Å². The van der Waals surface area contributed by atoms with Crippen LogP contribution in [0.4, 0.5) is 5.69 Å². The first kappa shape index (κ1) is 13.5. The average Bonchev–Trinajstić information content (AvgIpc) is 2.29. The average molecular weight is 249 g/mol. The third-order valence-corrected chi connectivity index (χ3v) is 1.94. The number of aromatic hydroxyl groups is 1. The quantitative estimate of drug-likeness (QED) is 0.380. The number of hydrogen-bond donors (Lipinski definition) is 1. The number of carbonyl (C=O) groups excluding carboxylic acids is 1. The number of phenols is 1. The Morgan fingerprint density at radius 1 is 1.56 bits per heavy atom. The van der Waals surface area contributed by atoms with Crippen LogP contribution in [0.25, 0.3) is 0 Å². The van der Waals surface area contributed by atoms with Crippen molar-refractivity contribution in [2.45, 2.75) is 13.3 Å². The molecular formula is C12H11NO5. The van der Waals surface area contributed by atoms with Gasteiger partial charge in [-0.1, -0.05) is 11.8 Å². The van der Waals surface area contributed by atoms with Gasteiger partial charge in [-0.25, -0.2) is 0 Å². The maximum absolute atomic E-state index is 11.0. The largest absolute Gasteiger partial charge is 0.502 e. The van der Waals surface area contributed by atoms with E-state index in [-0.39, 0.29) is 12.1 Å². The maximum atomic E-state index is 11.0. The standard InChI is InChI=1S/C12H11NO5/c1-2-18-12(15)5-3-4-9-6-7-10(13(16)17)11(14)8-9/h6-8,14H,2,5H2,1H3. The number of ether oxygens (including phenoxy) is 1. The summed E-state index contributed by atoms with van der Waals surface area (Å²) in [7, 11) is 0. The fourth-order valence-corrected chi connectivity index (χ4v) is 1.19. The van der Waals surface area contributed by atoms with Crippen LogP contribution in [0.3, 0.4) is 0 Å². The van der Waals surface area contributed by atoms with E-state index in [1.54, 1.807) is 6.92 Å². The molecule has 94 valence electrons. The Morgan fingerprint density at radius 3 is 2.83 bits per heavy atom. The Hall–Kier alpha value is -2.55. The second kappa shape index (κ2) is 6.25. The minimum absolute atomic E-state index is 0.0639. The van der Waals surface area contributed by atoms with Gasteiger partial charge in [0.25, 0.3) is 0 Å². The third-order valence-electron chi connectivity index (χ3n) is 1.94. The lowest BCUT2D eigenvalue weighted by atomic mass is 10.2.